The number of Topliss-reactive ketones (excluding diaryl/α,β-unsaturated/α-hetero) is 1. The molecule has 0 bridgehead atoms. The Labute approximate surface area is 103 Å². The normalized spacial score (nSPS) is 17.1. The molecule has 0 saturated heterocycles. The molecule has 0 heterocycles. The van der Waals surface area contributed by atoms with Crippen molar-refractivity contribution in [1.29, 1.82) is 0 Å². The second-order valence-electron chi connectivity index (χ2n) is 4.78. The molecule has 1 aliphatic rings. The molecule has 80 valence electrons. The van der Waals surface area contributed by atoms with Crippen LogP contribution < -0.4 is 0 Å². The van der Waals surface area contributed by atoms with Crippen molar-refractivity contribution < 1.29 is 4.79 Å². The minimum absolute atomic E-state index is 0.228. The van der Waals surface area contributed by atoms with Crippen LogP contribution in [-0.4, -0.2) is 5.78 Å². The third kappa shape index (κ3) is 1.03. The fraction of sp³-hybridized carbons (Fsp3) is 0.214. The van der Waals surface area contributed by atoms with Gasteiger partial charge in [-0.25, -0.2) is 0 Å². The topological polar surface area (TPSA) is 17.1 Å². The summed E-state index contributed by atoms with van der Waals surface area (Å²) < 4.78 is 1.05. The van der Waals surface area contributed by atoms with Gasteiger partial charge in [0, 0.05) is 10.0 Å². The summed E-state index contributed by atoms with van der Waals surface area (Å²) in [4.78, 5) is 12.3. The summed E-state index contributed by atoms with van der Waals surface area (Å²) >= 11 is 3.54. The van der Waals surface area contributed by atoms with Gasteiger partial charge in [-0.2, -0.15) is 0 Å². The summed E-state index contributed by atoms with van der Waals surface area (Å²) in [5.41, 5.74) is 1.62. The van der Waals surface area contributed by atoms with Crippen molar-refractivity contribution in [2.24, 2.45) is 0 Å². The van der Waals surface area contributed by atoms with Crippen molar-refractivity contribution >= 4 is 32.5 Å². The van der Waals surface area contributed by atoms with Crippen LogP contribution in [0.1, 0.15) is 29.8 Å². The summed E-state index contributed by atoms with van der Waals surface area (Å²) in [6, 6.07) is 10.0. The molecule has 16 heavy (non-hydrogen) atoms. The van der Waals surface area contributed by atoms with Crippen LogP contribution in [-0.2, 0) is 5.41 Å². The largest absolute Gasteiger partial charge is 0.293 e. The van der Waals surface area contributed by atoms with Crippen LogP contribution in [0.5, 0.6) is 0 Å². The summed E-state index contributed by atoms with van der Waals surface area (Å²) in [5.74, 6) is 0.228. The smallest absolute Gasteiger partial charge is 0.173 e. The summed E-state index contributed by atoms with van der Waals surface area (Å²) in [6.07, 6.45) is 0. The quantitative estimate of drug-likeness (QED) is 0.708. The zero-order chi connectivity index (χ0) is 11.5. The van der Waals surface area contributed by atoms with E-state index in [-0.39, 0.29) is 11.2 Å². The molecule has 0 unspecified atom stereocenters. The maximum Gasteiger partial charge on any atom is 0.173 e. The van der Waals surface area contributed by atoms with Gasteiger partial charge < -0.3 is 0 Å². The summed E-state index contributed by atoms with van der Waals surface area (Å²) in [6.45, 7) is 4.00. The third-order valence-corrected chi connectivity index (χ3v) is 4.16. The molecule has 0 spiro atoms. The first kappa shape index (κ1) is 10.0. The van der Waals surface area contributed by atoms with Crippen LogP contribution in [0.3, 0.4) is 0 Å². The number of benzene rings is 2. The molecular weight excluding hydrogens is 264 g/mol. The van der Waals surface area contributed by atoms with Crippen LogP contribution in [0.15, 0.2) is 34.8 Å². The summed E-state index contributed by atoms with van der Waals surface area (Å²) in [7, 11) is 0. The Bertz CT molecular complexity index is 626. The Morgan fingerprint density at radius 1 is 1.12 bits per heavy atom. The van der Waals surface area contributed by atoms with Crippen molar-refractivity contribution in [2.45, 2.75) is 19.3 Å². The lowest BCUT2D eigenvalue weighted by molar-refractivity contribution is 0.0920. The highest BCUT2D eigenvalue weighted by atomic mass is 79.9. The number of carbonyl (C=O) groups excluding carboxylic acids is 1. The highest BCUT2D eigenvalue weighted by Crippen LogP contribution is 2.43. The first-order valence-electron chi connectivity index (χ1n) is 5.30. The lowest BCUT2D eigenvalue weighted by atomic mass is 9.84. The molecule has 0 saturated carbocycles. The van der Waals surface area contributed by atoms with Gasteiger partial charge in [0.1, 0.15) is 0 Å². The highest BCUT2D eigenvalue weighted by molar-refractivity contribution is 9.10. The van der Waals surface area contributed by atoms with E-state index in [0.717, 1.165) is 26.4 Å². The van der Waals surface area contributed by atoms with Crippen molar-refractivity contribution in [1.82, 2.24) is 0 Å². The van der Waals surface area contributed by atoms with Gasteiger partial charge in [0.15, 0.2) is 5.78 Å². The molecule has 1 aliphatic carbocycles. The summed E-state index contributed by atoms with van der Waals surface area (Å²) in [5, 5.41) is 2.25. The number of carbonyl (C=O) groups is 1. The molecule has 0 atom stereocenters. The number of hydrogen-bond acceptors (Lipinski definition) is 1. The zero-order valence-electron chi connectivity index (χ0n) is 9.17. The molecule has 0 fully saturated rings. The number of hydrogen-bond donors (Lipinski definition) is 0. The molecule has 1 nitrogen and oxygen atoms in total. The zero-order valence-corrected chi connectivity index (χ0v) is 10.8. The van der Waals surface area contributed by atoms with Crippen LogP contribution >= 0.6 is 15.9 Å². The van der Waals surface area contributed by atoms with Crippen LogP contribution in [0.2, 0.25) is 0 Å². The van der Waals surface area contributed by atoms with E-state index in [1.54, 1.807) is 0 Å². The Kier molecular flexibility index (Phi) is 1.85. The van der Waals surface area contributed by atoms with Crippen molar-refractivity contribution in [3.05, 3.63) is 45.9 Å². The lowest BCUT2D eigenvalue weighted by Gasteiger charge is -2.17. The van der Waals surface area contributed by atoms with E-state index in [9.17, 15) is 4.79 Å². The molecule has 0 amide bonds. The second-order valence-corrected chi connectivity index (χ2v) is 5.63. The fourth-order valence-electron chi connectivity index (χ4n) is 2.54. The minimum Gasteiger partial charge on any atom is -0.293 e. The van der Waals surface area contributed by atoms with Gasteiger partial charge in [-0.3, -0.25) is 4.79 Å². The van der Waals surface area contributed by atoms with Gasteiger partial charge >= 0.3 is 0 Å². The van der Waals surface area contributed by atoms with Gasteiger partial charge in [0.05, 0.1) is 5.41 Å². The Morgan fingerprint density at radius 3 is 2.62 bits per heavy atom. The van der Waals surface area contributed by atoms with E-state index in [1.807, 2.05) is 32.0 Å². The monoisotopic (exact) mass is 274 g/mol. The molecule has 0 aromatic heterocycles. The molecule has 3 rings (SSSR count). The number of rotatable bonds is 0. The SMILES string of the molecule is CC1(C)C(=O)c2cccc3c(Br)ccc1c23. The van der Waals surface area contributed by atoms with Gasteiger partial charge in [-0.15, -0.1) is 0 Å². The molecular formula is C14H11BrO. The average Bonchev–Trinajstić information content (AvgIpc) is 2.45. The van der Waals surface area contributed by atoms with Crippen LogP contribution in [0.25, 0.3) is 10.8 Å². The first-order valence-corrected chi connectivity index (χ1v) is 6.09. The molecule has 0 radical (unpaired) electrons. The standard InChI is InChI=1S/C14H11BrO/c1-14(2)10-6-7-11(15)8-4-3-5-9(12(8)10)13(14)16/h3-7H,1-2H3. The maximum atomic E-state index is 12.3. The Hall–Kier alpha value is -1.15. The molecule has 2 aromatic rings. The second kappa shape index (κ2) is 2.95. The van der Waals surface area contributed by atoms with Crippen LogP contribution in [0, 0.1) is 0 Å². The number of ketones is 1. The lowest BCUT2D eigenvalue weighted by Crippen LogP contribution is -2.23. The molecule has 0 N–H and O–H groups in total. The van der Waals surface area contributed by atoms with Crippen molar-refractivity contribution in [3.8, 4) is 0 Å². The van der Waals surface area contributed by atoms with E-state index in [0.29, 0.717) is 0 Å². The van der Waals surface area contributed by atoms with Gasteiger partial charge in [0.2, 0.25) is 0 Å². The van der Waals surface area contributed by atoms with Crippen molar-refractivity contribution in [2.75, 3.05) is 0 Å². The predicted octanol–water partition coefficient (Wildman–Crippen LogP) is 4.08. The Morgan fingerprint density at radius 2 is 1.88 bits per heavy atom. The van der Waals surface area contributed by atoms with Gasteiger partial charge in [-0.05, 0) is 36.2 Å². The van der Waals surface area contributed by atoms with E-state index < -0.39 is 0 Å². The average molecular weight is 275 g/mol. The molecule has 2 aromatic carbocycles. The predicted molar refractivity (Wildman–Crippen MR) is 69.0 cm³/mol. The minimum atomic E-state index is -0.386. The fourth-order valence-corrected chi connectivity index (χ4v) is 3.00. The first-order chi connectivity index (χ1) is 7.53. The van der Waals surface area contributed by atoms with E-state index in [4.69, 9.17) is 0 Å². The van der Waals surface area contributed by atoms with E-state index >= 15 is 0 Å². The van der Waals surface area contributed by atoms with Crippen molar-refractivity contribution in [3.63, 3.8) is 0 Å². The molecule has 2 heteroatoms. The van der Waals surface area contributed by atoms with Gasteiger partial charge in [0.25, 0.3) is 0 Å². The highest BCUT2D eigenvalue weighted by Gasteiger charge is 2.39. The van der Waals surface area contributed by atoms with Crippen LogP contribution in [0.4, 0.5) is 0 Å². The Balaban J connectivity index is 2.58. The maximum absolute atomic E-state index is 12.3. The number of halogens is 1. The van der Waals surface area contributed by atoms with E-state index in [2.05, 4.69) is 28.1 Å². The van der Waals surface area contributed by atoms with E-state index in [1.165, 1.54) is 0 Å². The molecule has 0 aliphatic heterocycles. The third-order valence-electron chi connectivity index (χ3n) is 3.47. The van der Waals surface area contributed by atoms with Gasteiger partial charge in [-0.1, -0.05) is 40.2 Å².